The van der Waals surface area contributed by atoms with Gasteiger partial charge in [0.25, 0.3) is 5.91 Å². The number of urea groups is 1. The maximum atomic E-state index is 12.0. The average Bonchev–Trinajstić information content (AvgIpc) is 2.32. The summed E-state index contributed by atoms with van der Waals surface area (Å²) >= 11 is 0. The van der Waals surface area contributed by atoms with Crippen molar-refractivity contribution in [1.29, 1.82) is 0 Å². The first kappa shape index (κ1) is 8.92. The van der Waals surface area contributed by atoms with E-state index in [4.69, 9.17) is 0 Å². The number of nitrogens with zero attached hydrogens (tertiary/aromatic N) is 1. The second kappa shape index (κ2) is 3.48. The molecular formula is C6H9FN2O3. The average molecular weight is 176 g/mol. The van der Waals surface area contributed by atoms with Crippen LogP contribution in [0.25, 0.3) is 0 Å². The lowest BCUT2D eigenvalue weighted by molar-refractivity contribution is -0.162. The monoisotopic (exact) mass is 176 g/mol. The molecule has 1 aliphatic heterocycles. The SMILES string of the molecule is CCON1C(=O)NC(CF)C1=O. The van der Waals surface area contributed by atoms with Gasteiger partial charge in [-0.25, -0.2) is 9.18 Å². The molecule has 0 aromatic heterocycles. The van der Waals surface area contributed by atoms with E-state index in [1.165, 1.54) is 0 Å². The molecule has 1 N–H and O–H groups in total. The van der Waals surface area contributed by atoms with E-state index in [-0.39, 0.29) is 6.61 Å². The normalized spacial score (nSPS) is 23.2. The van der Waals surface area contributed by atoms with Crippen LogP contribution in [-0.2, 0) is 9.63 Å². The molecular weight excluding hydrogens is 167 g/mol. The molecule has 0 aliphatic carbocycles. The second-order valence-corrected chi connectivity index (χ2v) is 2.21. The standard InChI is InChI=1S/C6H9FN2O3/c1-2-12-9-5(10)4(3-7)8-6(9)11/h4H,2-3H2,1H3,(H,8,11). The molecule has 1 atom stereocenters. The number of alkyl halides is 1. The van der Waals surface area contributed by atoms with Gasteiger partial charge >= 0.3 is 6.03 Å². The molecule has 1 saturated heterocycles. The van der Waals surface area contributed by atoms with Crippen LogP contribution in [0.15, 0.2) is 0 Å². The van der Waals surface area contributed by atoms with Gasteiger partial charge in [-0.2, -0.15) is 0 Å². The number of imide groups is 1. The van der Waals surface area contributed by atoms with Gasteiger partial charge in [-0.05, 0) is 6.92 Å². The van der Waals surface area contributed by atoms with Crippen LogP contribution in [-0.4, -0.2) is 36.3 Å². The molecule has 1 heterocycles. The molecule has 12 heavy (non-hydrogen) atoms. The highest BCUT2D eigenvalue weighted by Crippen LogP contribution is 2.06. The van der Waals surface area contributed by atoms with E-state index in [9.17, 15) is 14.0 Å². The summed E-state index contributed by atoms with van der Waals surface area (Å²) in [6.07, 6.45) is 0. The minimum atomic E-state index is -1.08. The van der Waals surface area contributed by atoms with Gasteiger partial charge in [0.05, 0.1) is 6.61 Å². The molecule has 1 aliphatic rings. The van der Waals surface area contributed by atoms with Crippen LogP contribution < -0.4 is 5.32 Å². The van der Waals surface area contributed by atoms with Gasteiger partial charge in [-0.1, -0.05) is 0 Å². The maximum Gasteiger partial charge on any atom is 0.349 e. The van der Waals surface area contributed by atoms with Gasteiger partial charge in [0.15, 0.2) is 0 Å². The fraction of sp³-hybridized carbons (Fsp3) is 0.667. The Balaban J connectivity index is 2.64. The first-order valence-electron chi connectivity index (χ1n) is 3.54. The topological polar surface area (TPSA) is 58.6 Å². The van der Waals surface area contributed by atoms with Gasteiger partial charge in [0.1, 0.15) is 12.7 Å². The zero-order valence-corrected chi connectivity index (χ0v) is 6.54. The highest BCUT2D eigenvalue weighted by atomic mass is 19.1. The number of hydrogen-bond acceptors (Lipinski definition) is 3. The first-order chi connectivity index (χ1) is 5.70. The van der Waals surface area contributed by atoms with Crippen LogP contribution in [0.4, 0.5) is 9.18 Å². The lowest BCUT2D eigenvalue weighted by atomic mass is 10.3. The Labute approximate surface area is 68.4 Å². The summed E-state index contributed by atoms with van der Waals surface area (Å²) in [4.78, 5) is 26.5. The molecule has 6 heteroatoms. The maximum absolute atomic E-state index is 12.0. The van der Waals surface area contributed by atoms with E-state index in [1.54, 1.807) is 6.92 Å². The van der Waals surface area contributed by atoms with Gasteiger partial charge in [0, 0.05) is 0 Å². The quantitative estimate of drug-likeness (QED) is 0.607. The van der Waals surface area contributed by atoms with Crippen molar-refractivity contribution in [2.75, 3.05) is 13.3 Å². The number of hydroxylamine groups is 2. The third-order valence-electron chi connectivity index (χ3n) is 1.39. The third-order valence-corrected chi connectivity index (χ3v) is 1.39. The molecule has 1 fully saturated rings. The van der Waals surface area contributed by atoms with E-state index in [1.807, 2.05) is 0 Å². The highest BCUT2D eigenvalue weighted by Gasteiger charge is 2.38. The summed E-state index contributed by atoms with van der Waals surface area (Å²) in [5.74, 6) is -0.677. The number of carbonyl (C=O) groups is 2. The number of halogens is 1. The molecule has 1 rings (SSSR count). The molecule has 5 nitrogen and oxygen atoms in total. The summed E-state index contributed by atoms with van der Waals surface area (Å²) in [5.41, 5.74) is 0. The van der Waals surface area contributed by atoms with Crippen molar-refractivity contribution in [3.05, 3.63) is 0 Å². The van der Waals surface area contributed by atoms with Crippen molar-refractivity contribution in [2.24, 2.45) is 0 Å². The predicted molar refractivity (Wildman–Crippen MR) is 36.8 cm³/mol. The fourth-order valence-electron chi connectivity index (χ4n) is 0.867. The van der Waals surface area contributed by atoms with E-state index in [2.05, 4.69) is 10.2 Å². The lowest BCUT2D eigenvalue weighted by Crippen LogP contribution is -2.32. The van der Waals surface area contributed by atoms with Crippen molar-refractivity contribution in [2.45, 2.75) is 13.0 Å². The molecule has 0 saturated carbocycles. The minimum absolute atomic E-state index is 0.193. The van der Waals surface area contributed by atoms with Crippen molar-refractivity contribution >= 4 is 11.9 Å². The van der Waals surface area contributed by atoms with Crippen LogP contribution in [0.2, 0.25) is 0 Å². The molecule has 0 spiro atoms. The second-order valence-electron chi connectivity index (χ2n) is 2.21. The largest absolute Gasteiger partial charge is 0.349 e. The van der Waals surface area contributed by atoms with E-state index in [0.717, 1.165) is 0 Å². The number of carbonyl (C=O) groups excluding carboxylic acids is 2. The van der Waals surface area contributed by atoms with E-state index < -0.39 is 24.7 Å². The third kappa shape index (κ3) is 1.38. The summed E-state index contributed by atoms with van der Waals surface area (Å²) in [6, 6.07) is -1.78. The smallest absolute Gasteiger partial charge is 0.321 e. The van der Waals surface area contributed by atoms with E-state index >= 15 is 0 Å². The summed E-state index contributed by atoms with van der Waals surface area (Å²) in [6.45, 7) is 0.912. The highest BCUT2D eigenvalue weighted by molar-refractivity contribution is 6.03. The summed E-state index contributed by atoms with van der Waals surface area (Å²) in [5, 5.41) is 2.67. The van der Waals surface area contributed by atoms with Crippen LogP contribution in [0.3, 0.4) is 0 Å². The predicted octanol–water partition coefficient (Wildman–Crippen LogP) is -0.172. The first-order valence-corrected chi connectivity index (χ1v) is 3.54. The van der Waals surface area contributed by atoms with Crippen molar-refractivity contribution in [3.8, 4) is 0 Å². The minimum Gasteiger partial charge on any atom is -0.321 e. The Kier molecular flexibility index (Phi) is 2.59. The molecule has 0 bridgehead atoms. The lowest BCUT2D eigenvalue weighted by Gasteiger charge is -2.09. The Bertz CT molecular complexity index is 209. The van der Waals surface area contributed by atoms with Gasteiger partial charge in [-0.3, -0.25) is 9.63 Å². The van der Waals surface area contributed by atoms with Crippen LogP contribution >= 0.6 is 0 Å². The zero-order chi connectivity index (χ0) is 9.14. The Morgan fingerprint density at radius 1 is 1.67 bits per heavy atom. The fourth-order valence-corrected chi connectivity index (χ4v) is 0.867. The van der Waals surface area contributed by atoms with Crippen LogP contribution in [0.1, 0.15) is 6.92 Å². The molecule has 0 aromatic rings. The zero-order valence-electron chi connectivity index (χ0n) is 6.54. The van der Waals surface area contributed by atoms with Crippen molar-refractivity contribution in [3.63, 3.8) is 0 Å². The number of amides is 3. The molecule has 68 valence electrons. The Morgan fingerprint density at radius 3 is 2.75 bits per heavy atom. The molecule has 0 radical (unpaired) electrons. The number of hydrogen-bond donors (Lipinski definition) is 1. The van der Waals surface area contributed by atoms with Crippen LogP contribution in [0, 0.1) is 0 Å². The Morgan fingerprint density at radius 2 is 2.33 bits per heavy atom. The number of nitrogens with one attached hydrogen (secondary N) is 1. The molecule has 0 aromatic carbocycles. The Hall–Kier alpha value is -1.17. The summed E-state index contributed by atoms with van der Waals surface area (Å²) < 4.78 is 12.0. The van der Waals surface area contributed by atoms with Crippen molar-refractivity contribution in [1.82, 2.24) is 10.4 Å². The molecule has 1 unspecified atom stereocenters. The number of rotatable bonds is 3. The van der Waals surface area contributed by atoms with Crippen LogP contribution in [0.5, 0.6) is 0 Å². The molecule has 3 amide bonds. The van der Waals surface area contributed by atoms with E-state index in [0.29, 0.717) is 5.06 Å². The summed E-state index contributed by atoms with van der Waals surface area (Å²) in [7, 11) is 0. The van der Waals surface area contributed by atoms with Gasteiger partial charge in [0.2, 0.25) is 0 Å². The van der Waals surface area contributed by atoms with Gasteiger partial charge in [-0.15, -0.1) is 5.06 Å². The van der Waals surface area contributed by atoms with Gasteiger partial charge < -0.3 is 5.32 Å². The van der Waals surface area contributed by atoms with Crippen molar-refractivity contribution < 1.29 is 18.8 Å².